The van der Waals surface area contributed by atoms with E-state index in [4.69, 9.17) is 0 Å². The maximum atomic E-state index is 11.7. The molecule has 5 heteroatoms. The molecule has 0 aliphatic carbocycles. The Balaban J connectivity index is 2.19. The zero-order valence-electron chi connectivity index (χ0n) is 14.0. The van der Waals surface area contributed by atoms with Crippen LogP contribution in [-0.2, 0) is 16.0 Å². The fourth-order valence-corrected chi connectivity index (χ4v) is 1.79. The Morgan fingerprint density at radius 3 is 2.32 bits per heavy atom. The average Bonchev–Trinajstić information content (AvgIpc) is 2.49. The minimum Gasteiger partial charge on any atom is -0.353 e. The molecule has 0 unspecified atom stereocenters. The summed E-state index contributed by atoms with van der Waals surface area (Å²) < 4.78 is 0. The fourth-order valence-electron chi connectivity index (χ4n) is 1.79. The second kappa shape index (κ2) is 9.20. The molecule has 2 N–H and O–H groups in total. The van der Waals surface area contributed by atoms with Crippen LogP contribution in [0.25, 0.3) is 0 Å². The van der Waals surface area contributed by atoms with Gasteiger partial charge in [0, 0.05) is 19.0 Å². The zero-order valence-corrected chi connectivity index (χ0v) is 14.0. The number of likely N-dealkylation sites (N-methyl/N-ethyl adjacent to an activating group) is 1. The van der Waals surface area contributed by atoms with Gasteiger partial charge in [0.1, 0.15) is 0 Å². The van der Waals surface area contributed by atoms with Gasteiger partial charge >= 0.3 is 0 Å². The number of carbonyl (C=O) groups excluding carboxylic acids is 2. The Kier molecular flexibility index (Phi) is 7.60. The van der Waals surface area contributed by atoms with Crippen molar-refractivity contribution in [3.63, 3.8) is 0 Å². The molecular formula is C17H27N3O2. The van der Waals surface area contributed by atoms with E-state index in [2.05, 4.69) is 10.6 Å². The number of carbonyl (C=O) groups is 2. The summed E-state index contributed by atoms with van der Waals surface area (Å²) in [4.78, 5) is 25.4. The Morgan fingerprint density at radius 1 is 1.09 bits per heavy atom. The highest BCUT2D eigenvalue weighted by molar-refractivity contribution is 5.84. The number of aryl methyl sites for hydroxylation is 2. The summed E-state index contributed by atoms with van der Waals surface area (Å²) in [6.45, 7) is 4.67. The first-order valence-electron chi connectivity index (χ1n) is 7.64. The van der Waals surface area contributed by atoms with E-state index in [1.807, 2.05) is 57.1 Å². The Bertz CT molecular complexity index is 483. The highest BCUT2D eigenvalue weighted by Crippen LogP contribution is 2.05. The molecule has 0 aliphatic rings. The molecule has 0 heterocycles. The summed E-state index contributed by atoms with van der Waals surface area (Å²) >= 11 is 0. The lowest BCUT2D eigenvalue weighted by molar-refractivity contribution is -0.126. The highest BCUT2D eigenvalue weighted by atomic mass is 16.2. The van der Waals surface area contributed by atoms with Crippen molar-refractivity contribution in [1.82, 2.24) is 15.5 Å². The van der Waals surface area contributed by atoms with Crippen molar-refractivity contribution < 1.29 is 9.59 Å². The van der Waals surface area contributed by atoms with E-state index in [0.29, 0.717) is 19.4 Å². The molecule has 0 bridgehead atoms. The molecule has 1 atom stereocenters. The van der Waals surface area contributed by atoms with Crippen molar-refractivity contribution in [2.24, 2.45) is 0 Å². The highest BCUT2D eigenvalue weighted by Gasteiger charge is 2.08. The summed E-state index contributed by atoms with van der Waals surface area (Å²) in [6.07, 6.45) is 1.08. The molecule has 5 nitrogen and oxygen atoms in total. The zero-order chi connectivity index (χ0) is 16.5. The lowest BCUT2D eigenvalue weighted by Gasteiger charge is -2.19. The van der Waals surface area contributed by atoms with Gasteiger partial charge in [-0.3, -0.25) is 9.59 Å². The average molecular weight is 305 g/mol. The second-order valence-electron chi connectivity index (χ2n) is 5.88. The van der Waals surface area contributed by atoms with Gasteiger partial charge < -0.3 is 15.5 Å². The number of hydrogen-bond acceptors (Lipinski definition) is 3. The molecule has 1 aromatic rings. The third kappa shape index (κ3) is 7.22. The van der Waals surface area contributed by atoms with E-state index in [0.717, 1.165) is 5.56 Å². The van der Waals surface area contributed by atoms with Crippen LogP contribution in [0, 0.1) is 6.92 Å². The number of benzene rings is 1. The predicted molar refractivity (Wildman–Crippen MR) is 88.7 cm³/mol. The molecule has 1 aromatic carbocycles. The number of nitrogens with zero attached hydrogens (tertiary/aromatic N) is 1. The van der Waals surface area contributed by atoms with E-state index in [1.54, 1.807) is 0 Å². The van der Waals surface area contributed by atoms with E-state index < -0.39 is 0 Å². The van der Waals surface area contributed by atoms with Gasteiger partial charge in [0.25, 0.3) is 0 Å². The van der Waals surface area contributed by atoms with Crippen LogP contribution in [0.2, 0.25) is 0 Å². The molecule has 0 fully saturated rings. The molecule has 0 spiro atoms. The van der Waals surface area contributed by atoms with Crippen LogP contribution in [0.1, 0.15) is 24.5 Å². The van der Waals surface area contributed by atoms with Gasteiger partial charge in [-0.15, -0.1) is 0 Å². The van der Waals surface area contributed by atoms with Gasteiger partial charge in [0.2, 0.25) is 11.8 Å². The summed E-state index contributed by atoms with van der Waals surface area (Å²) in [5.74, 6) is -0.256. The van der Waals surface area contributed by atoms with Crippen molar-refractivity contribution in [3.8, 4) is 0 Å². The monoisotopic (exact) mass is 305 g/mol. The number of hydrogen-bond donors (Lipinski definition) is 2. The lowest BCUT2D eigenvalue weighted by atomic mass is 10.1. The normalized spacial score (nSPS) is 12.0. The standard InChI is InChI=1S/C17H27N3O2/c1-13-5-7-15(8-6-13)9-10-16(21)19-12-17(22)18-11-14(2)20(3)4/h5-8,14H,9-12H2,1-4H3,(H,18,22)(H,19,21)/t14-/m0/s1. The van der Waals surface area contributed by atoms with E-state index in [9.17, 15) is 9.59 Å². The summed E-state index contributed by atoms with van der Waals surface area (Å²) in [5, 5.41) is 5.46. The molecular weight excluding hydrogens is 278 g/mol. The van der Waals surface area contributed by atoms with Crippen LogP contribution < -0.4 is 10.6 Å². The van der Waals surface area contributed by atoms with Crippen molar-refractivity contribution >= 4 is 11.8 Å². The Labute approximate surface area is 133 Å². The maximum absolute atomic E-state index is 11.7. The third-order valence-electron chi connectivity index (χ3n) is 3.68. The summed E-state index contributed by atoms with van der Waals surface area (Å²) in [7, 11) is 3.92. The molecule has 122 valence electrons. The first-order valence-corrected chi connectivity index (χ1v) is 7.64. The molecule has 22 heavy (non-hydrogen) atoms. The molecule has 2 amide bonds. The van der Waals surface area contributed by atoms with Gasteiger partial charge in [-0.25, -0.2) is 0 Å². The van der Waals surface area contributed by atoms with Crippen LogP contribution in [-0.4, -0.2) is 49.9 Å². The van der Waals surface area contributed by atoms with Crippen molar-refractivity contribution in [2.45, 2.75) is 32.7 Å². The van der Waals surface area contributed by atoms with Crippen LogP contribution in [0.15, 0.2) is 24.3 Å². The Hall–Kier alpha value is -1.88. The largest absolute Gasteiger partial charge is 0.353 e. The fraction of sp³-hybridized carbons (Fsp3) is 0.529. The van der Waals surface area contributed by atoms with Gasteiger partial charge in [0.05, 0.1) is 6.54 Å². The number of rotatable bonds is 8. The van der Waals surface area contributed by atoms with Crippen LogP contribution >= 0.6 is 0 Å². The topological polar surface area (TPSA) is 61.4 Å². The first-order chi connectivity index (χ1) is 10.4. The van der Waals surface area contributed by atoms with Crippen LogP contribution in [0.5, 0.6) is 0 Å². The van der Waals surface area contributed by atoms with Gasteiger partial charge in [-0.2, -0.15) is 0 Å². The Morgan fingerprint density at radius 2 is 1.73 bits per heavy atom. The van der Waals surface area contributed by atoms with Crippen molar-refractivity contribution in [1.29, 1.82) is 0 Å². The molecule has 1 rings (SSSR count). The number of nitrogens with one attached hydrogen (secondary N) is 2. The molecule has 0 aliphatic heterocycles. The SMILES string of the molecule is Cc1ccc(CCC(=O)NCC(=O)NC[C@H](C)N(C)C)cc1. The molecule has 0 radical (unpaired) electrons. The second-order valence-corrected chi connectivity index (χ2v) is 5.88. The van der Waals surface area contributed by atoms with Crippen molar-refractivity contribution in [3.05, 3.63) is 35.4 Å². The van der Waals surface area contributed by atoms with Crippen molar-refractivity contribution in [2.75, 3.05) is 27.2 Å². The predicted octanol–water partition coefficient (Wildman–Crippen LogP) is 1.11. The lowest BCUT2D eigenvalue weighted by Crippen LogP contribution is -2.42. The van der Waals surface area contributed by atoms with E-state index in [-0.39, 0.29) is 24.4 Å². The first kappa shape index (κ1) is 18.2. The van der Waals surface area contributed by atoms with E-state index in [1.165, 1.54) is 5.56 Å². The molecule has 0 saturated heterocycles. The quantitative estimate of drug-likeness (QED) is 0.756. The van der Waals surface area contributed by atoms with Gasteiger partial charge in [-0.1, -0.05) is 29.8 Å². The smallest absolute Gasteiger partial charge is 0.239 e. The van der Waals surface area contributed by atoms with Crippen LogP contribution in [0.4, 0.5) is 0 Å². The number of amides is 2. The summed E-state index contributed by atoms with van der Waals surface area (Å²) in [5.41, 5.74) is 2.34. The maximum Gasteiger partial charge on any atom is 0.239 e. The van der Waals surface area contributed by atoms with Gasteiger partial charge in [0.15, 0.2) is 0 Å². The van der Waals surface area contributed by atoms with Crippen LogP contribution in [0.3, 0.4) is 0 Å². The van der Waals surface area contributed by atoms with E-state index >= 15 is 0 Å². The minimum absolute atomic E-state index is 0.0346. The third-order valence-corrected chi connectivity index (χ3v) is 3.68. The van der Waals surface area contributed by atoms with Gasteiger partial charge in [-0.05, 0) is 39.9 Å². The molecule has 0 saturated carbocycles. The summed E-state index contributed by atoms with van der Waals surface area (Å²) in [6, 6.07) is 8.39. The molecule has 0 aromatic heterocycles. The minimum atomic E-state index is -0.155.